The van der Waals surface area contributed by atoms with Crippen LogP contribution in [0.1, 0.15) is 28.4 Å². The Labute approximate surface area is 97.8 Å². The number of nitrogens with zero attached hydrogens (tertiary/aromatic N) is 5. The van der Waals surface area contributed by atoms with Crippen LogP contribution in [0.2, 0.25) is 0 Å². The maximum atomic E-state index is 8.95. The third-order valence-corrected chi connectivity index (χ3v) is 2.20. The molecule has 17 heavy (non-hydrogen) atoms. The Balaban J connectivity index is 3.69. The molecule has 0 aliphatic heterocycles. The summed E-state index contributed by atoms with van der Waals surface area (Å²) in [5.41, 5.74) is 5.94. The number of aromatic nitrogens is 1. The Morgan fingerprint density at radius 2 is 1.59 bits per heavy atom. The van der Waals surface area contributed by atoms with Crippen LogP contribution in [0.25, 0.3) is 0 Å². The molecule has 0 saturated heterocycles. The van der Waals surface area contributed by atoms with Crippen molar-refractivity contribution >= 4 is 5.69 Å². The molecule has 0 unspecified atom stereocenters. The molecule has 2 N–H and O–H groups in total. The number of anilines is 1. The molecule has 0 aliphatic carbocycles. The van der Waals surface area contributed by atoms with Gasteiger partial charge in [-0.05, 0) is 6.92 Å². The van der Waals surface area contributed by atoms with Crippen molar-refractivity contribution in [1.29, 1.82) is 21.0 Å². The van der Waals surface area contributed by atoms with Crippen molar-refractivity contribution in [1.82, 2.24) is 4.98 Å². The Hall–Kier alpha value is -3.09. The molecule has 0 aliphatic rings. The Bertz CT molecular complexity index is 618. The van der Waals surface area contributed by atoms with Gasteiger partial charge in [0.25, 0.3) is 0 Å². The number of rotatable bonds is 1. The molecular formula is C11H6N6. The molecule has 6 heteroatoms. The molecule has 1 aromatic rings. The van der Waals surface area contributed by atoms with Crippen LogP contribution in [0.15, 0.2) is 0 Å². The molecule has 0 bridgehead atoms. The van der Waals surface area contributed by atoms with E-state index in [1.165, 1.54) is 6.92 Å². The van der Waals surface area contributed by atoms with E-state index in [1.807, 2.05) is 6.07 Å². The Morgan fingerprint density at radius 3 is 2.00 bits per heavy atom. The Kier molecular flexibility index (Phi) is 3.26. The van der Waals surface area contributed by atoms with Crippen molar-refractivity contribution < 1.29 is 0 Å². The predicted molar refractivity (Wildman–Crippen MR) is 56.8 cm³/mol. The smallest absolute Gasteiger partial charge is 0.176 e. The number of aryl methyl sites for hydroxylation is 1. The molecule has 0 spiro atoms. The first-order valence-corrected chi connectivity index (χ1v) is 4.50. The fourth-order valence-electron chi connectivity index (χ4n) is 1.37. The monoisotopic (exact) mass is 222 g/mol. The molecular weight excluding hydrogens is 216 g/mol. The molecule has 0 fully saturated rings. The Morgan fingerprint density at radius 1 is 1.06 bits per heavy atom. The number of nitrogen functional groups attached to an aromatic ring is 1. The first kappa shape index (κ1) is 12.0. The summed E-state index contributed by atoms with van der Waals surface area (Å²) in [6.07, 6.45) is 0. The standard InChI is InChI=1S/C11H6N6/c1-6-8(4-14)10(16)9(5-15)11(17-6)7(2-12)3-13/h7H,1H3,(H2,16,17). The van der Waals surface area contributed by atoms with Crippen molar-refractivity contribution in [2.24, 2.45) is 0 Å². The van der Waals surface area contributed by atoms with Crippen LogP contribution >= 0.6 is 0 Å². The number of pyridine rings is 1. The second-order valence-corrected chi connectivity index (χ2v) is 3.16. The minimum atomic E-state index is -1.17. The molecule has 6 nitrogen and oxygen atoms in total. The van der Waals surface area contributed by atoms with Crippen LogP contribution in [0.5, 0.6) is 0 Å². The van der Waals surface area contributed by atoms with Gasteiger partial charge in [0.2, 0.25) is 0 Å². The number of nitrogens with two attached hydrogens (primary N) is 1. The lowest BCUT2D eigenvalue weighted by molar-refractivity contribution is 0.977. The van der Waals surface area contributed by atoms with Crippen LogP contribution in [-0.2, 0) is 0 Å². The van der Waals surface area contributed by atoms with Gasteiger partial charge < -0.3 is 5.73 Å². The summed E-state index contributed by atoms with van der Waals surface area (Å²) >= 11 is 0. The van der Waals surface area contributed by atoms with E-state index < -0.39 is 5.92 Å². The summed E-state index contributed by atoms with van der Waals surface area (Å²) < 4.78 is 0. The number of hydrogen-bond acceptors (Lipinski definition) is 6. The van der Waals surface area contributed by atoms with E-state index in [9.17, 15) is 0 Å². The van der Waals surface area contributed by atoms with E-state index in [0.717, 1.165) is 0 Å². The van der Waals surface area contributed by atoms with Gasteiger partial charge in [-0.15, -0.1) is 0 Å². The van der Waals surface area contributed by atoms with Gasteiger partial charge in [0.05, 0.1) is 34.8 Å². The van der Waals surface area contributed by atoms with Crippen LogP contribution in [0.3, 0.4) is 0 Å². The van der Waals surface area contributed by atoms with Gasteiger partial charge in [0.1, 0.15) is 17.7 Å². The molecule has 0 atom stereocenters. The van der Waals surface area contributed by atoms with Gasteiger partial charge >= 0.3 is 0 Å². The highest BCUT2D eigenvalue weighted by Gasteiger charge is 2.22. The van der Waals surface area contributed by atoms with E-state index >= 15 is 0 Å². The molecule has 0 aromatic carbocycles. The first-order chi connectivity index (χ1) is 8.10. The molecule has 0 amide bonds. The molecule has 80 valence electrons. The van der Waals surface area contributed by atoms with Crippen LogP contribution in [-0.4, -0.2) is 4.98 Å². The quantitative estimate of drug-likeness (QED) is 0.748. The third-order valence-electron chi connectivity index (χ3n) is 2.20. The highest BCUT2D eigenvalue weighted by atomic mass is 14.8. The van der Waals surface area contributed by atoms with Gasteiger partial charge in [-0.25, -0.2) is 0 Å². The summed E-state index contributed by atoms with van der Waals surface area (Å²) in [5, 5.41) is 35.4. The zero-order valence-electron chi connectivity index (χ0n) is 8.89. The highest BCUT2D eigenvalue weighted by molar-refractivity contribution is 5.67. The van der Waals surface area contributed by atoms with Crippen molar-refractivity contribution in [3.8, 4) is 24.3 Å². The van der Waals surface area contributed by atoms with E-state index in [4.69, 9.17) is 26.8 Å². The average molecular weight is 222 g/mol. The first-order valence-electron chi connectivity index (χ1n) is 4.50. The summed E-state index contributed by atoms with van der Waals surface area (Å²) in [6, 6.07) is 7.05. The summed E-state index contributed by atoms with van der Waals surface area (Å²) in [7, 11) is 0. The lowest BCUT2D eigenvalue weighted by Gasteiger charge is -2.09. The minimum Gasteiger partial charge on any atom is -0.396 e. The number of nitriles is 4. The van der Waals surface area contributed by atoms with Crippen LogP contribution in [0.4, 0.5) is 5.69 Å². The topological polar surface area (TPSA) is 134 Å². The molecule has 1 heterocycles. The maximum Gasteiger partial charge on any atom is 0.176 e. The molecule has 1 rings (SSSR count). The fourth-order valence-corrected chi connectivity index (χ4v) is 1.37. The van der Waals surface area contributed by atoms with Gasteiger partial charge in [0.15, 0.2) is 5.92 Å². The van der Waals surface area contributed by atoms with Crippen LogP contribution < -0.4 is 5.73 Å². The molecule has 0 radical (unpaired) electrons. The van der Waals surface area contributed by atoms with E-state index in [1.54, 1.807) is 18.2 Å². The van der Waals surface area contributed by atoms with Gasteiger partial charge in [-0.1, -0.05) is 0 Å². The average Bonchev–Trinajstić information content (AvgIpc) is 2.31. The van der Waals surface area contributed by atoms with Gasteiger partial charge in [0, 0.05) is 0 Å². The lowest BCUT2D eigenvalue weighted by Crippen LogP contribution is -2.08. The highest BCUT2D eigenvalue weighted by Crippen LogP contribution is 2.26. The lowest BCUT2D eigenvalue weighted by atomic mass is 9.98. The van der Waals surface area contributed by atoms with Crippen molar-refractivity contribution in [2.45, 2.75) is 12.8 Å². The summed E-state index contributed by atoms with van der Waals surface area (Å²) in [6.45, 7) is 1.53. The van der Waals surface area contributed by atoms with Crippen molar-refractivity contribution in [3.05, 3.63) is 22.5 Å². The zero-order valence-corrected chi connectivity index (χ0v) is 8.89. The van der Waals surface area contributed by atoms with Crippen LogP contribution in [0, 0.1) is 52.2 Å². The normalized spacial score (nSPS) is 8.82. The second-order valence-electron chi connectivity index (χ2n) is 3.16. The summed E-state index contributed by atoms with van der Waals surface area (Å²) in [5.74, 6) is -1.17. The zero-order chi connectivity index (χ0) is 13.0. The van der Waals surface area contributed by atoms with Crippen molar-refractivity contribution in [2.75, 3.05) is 5.73 Å². The van der Waals surface area contributed by atoms with Gasteiger partial charge in [-0.2, -0.15) is 21.0 Å². The largest absolute Gasteiger partial charge is 0.396 e. The summed E-state index contributed by atoms with van der Waals surface area (Å²) in [4.78, 5) is 3.95. The van der Waals surface area contributed by atoms with Crippen molar-refractivity contribution in [3.63, 3.8) is 0 Å². The second kappa shape index (κ2) is 4.62. The van der Waals surface area contributed by atoms with Gasteiger partial charge in [-0.3, -0.25) is 4.98 Å². The third kappa shape index (κ3) is 1.84. The fraction of sp³-hybridized carbons (Fsp3) is 0.182. The van der Waals surface area contributed by atoms with E-state index in [-0.39, 0.29) is 22.5 Å². The number of hydrogen-bond donors (Lipinski definition) is 1. The molecule has 1 aromatic heterocycles. The maximum absolute atomic E-state index is 8.95. The molecule has 0 saturated carbocycles. The minimum absolute atomic E-state index is 0.00602. The SMILES string of the molecule is Cc1nc(C(C#N)C#N)c(C#N)c(N)c1C#N. The predicted octanol–water partition coefficient (Wildman–Crippen LogP) is 0.846. The van der Waals surface area contributed by atoms with E-state index in [0.29, 0.717) is 5.69 Å². The van der Waals surface area contributed by atoms with E-state index in [2.05, 4.69) is 4.98 Å².